The number of hydrogen-bond acceptors (Lipinski definition) is 7. The molecule has 0 atom stereocenters. The SMILES string of the molecule is CC(C)(F)C(=O)O.COc1ccccc1NC(=O)NN(CC(C)C)c1ccnc(C#N)n1. The van der Waals surface area contributed by atoms with Gasteiger partial charge in [-0.15, -0.1) is 0 Å². The molecule has 0 fully saturated rings. The molecule has 0 radical (unpaired) electrons. The van der Waals surface area contributed by atoms with E-state index in [-0.39, 0.29) is 11.7 Å². The van der Waals surface area contributed by atoms with E-state index in [9.17, 15) is 14.0 Å². The number of halogens is 1. The monoisotopic (exact) mass is 446 g/mol. The number of alkyl halides is 1. The molecule has 0 saturated heterocycles. The van der Waals surface area contributed by atoms with Crippen LogP contribution in [0.4, 0.5) is 20.7 Å². The summed E-state index contributed by atoms with van der Waals surface area (Å²) in [5.41, 5.74) is 1.21. The van der Waals surface area contributed by atoms with E-state index in [1.54, 1.807) is 29.3 Å². The van der Waals surface area contributed by atoms with E-state index in [1.165, 1.54) is 13.3 Å². The normalized spacial score (nSPS) is 10.3. The molecule has 11 heteroatoms. The number of aliphatic carboxylic acids is 1. The zero-order valence-corrected chi connectivity index (χ0v) is 18.6. The number of nitriles is 1. The largest absolute Gasteiger partial charge is 0.495 e. The Kier molecular flexibility index (Phi) is 9.82. The van der Waals surface area contributed by atoms with Crippen LogP contribution >= 0.6 is 0 Å². The van der Waals surface area contributed by atoms with Gasteiger partial charge in [-0.1, -0.05) is 26.0 Å². The molecule has 0 unspecified atom stereocenters. The van der Waals surface area contributed by atoms with Crippen molar-refractivity contribution in [3.8, 4) is 11.8 Å². The minimum Gasteiger partial charge on any atom is -0.495 e. The van der Waals surface area contributed by atoms with E-state index < -0.39 is 17.7 Å². The molecule has 10 nitrogen and oxygen atoms in total. The third kappa shape index (κ3) is 8.83. The standard InChI is InChI=1S/C17H20N6O2.C4H7FO2/c1-12(2)11-23(16-8-9-19-15(10-18)21-16)22-17(24)20-13-6-4-5-7-14(13)25-3;1-4(2,5)3(6)7/h4-9,12H,11H2,1-3H3,(H2,20,22,24);1-2H3,(H,6,7). The number of carbonyl (C=O) groups excluding carboxylic acids is 1. The Morgan fingerprint density at radius 3 is 2.47 bits per heavy atom. The van der Waals surface area contributed by atoms with Crippen LogP contribution in [0.5, 0.6) is 5.75 Å². The minimum absolute atomic E-state index is 0.0400. The number of hydrogen-bond donors (Lipinski definition) is 3. The van der Waals surface area contributed by atoms with Crippen LogP contribution in [0.1, 0.15) is 33.5 Å². The number of para-hydroxylation sites is 2. The second kappa shape index (κ2) is 12.0. The van der Waals surface area contributed by atoms with Crippen LogP contribution in [0.15, 0.2) is 36.5 Å². The summed E-state index contributed by atoms with van der Waals surface area (Å²) in [6.45, 7) is 6.53. The molecule has 2 aromatic rings. The second-order valence-electron chi connectivity index (χ2n) is 7.40. The first-order valence-electron chi connectivity index (χ1n) is 9.61. The quantitative estimate of drug-likeness (QED) is 0.550. The molecule has 0 spiro atoms. The Morgan fingerprint density at radius 2 is 1.94 bits per heavy atom. The van der Waals surface area contributed by atoms with Crippen molar-refractivity contribution in [2.75, 3.05) is 24.0 Å². The van der Waals surface area contributed by atoms with Gasteiger partial charge in [-0.25, -0.2) is 24.4 Å². The van der Waals surface area contributed by atoms with Crippen LogP contribution in [-0.4, -0.2) is 46.4 Å². The molecule has 0 aliphatic carbocycles. The number of nitrogens with one attached hydrogen (secondary N) is 2. The average molecular weight is 446 g/mol. The van der Waals surface area contributed by atoms with Crippen LogP contribution in [0.3, 0.4) is 0 Å². The highest BCUT2D eigenvalue weighted by atomic mass is 19.1. The predicted octanol–water partition coefficient (Wildman–Crippen LogP) is 3.38. The number of nitrogens with zero attached hydrogens (tertiary/aromatic N) is 4. The lowest BCUT2D eigenvalue weighted by molar-refractivity contribution is -0.148. The van der Waals surface area contributed by atoms with Crippen LogP contribution in [-0.2, 0) is 4.79 Å². The summed E-state index contributed by atoms with van der Waals surface area (Å²) in [5, 5.41) is 21.1. The van der Waals surface area contributed by atoms with Crippen molar-refractivity contribution < 1.29 is 23.8 Å². The van der Waals surface area contributed by atoms with Gasteiger partial charge in [-0.2, -0.15) is 10.2 Å². The number of rotatable bonds is 7. The lowest BCUT2D eigenvalue weighted by atomic mass is 10.2. The summed E-state index contributed by atoms with van der Waals surface area (Å²) < 4.78 is 17.1. The minimum atomic E-state index is -2.08. The van der Waals surface area contributed by atoms with Crippen LogP contribution < -0.4 is 20.5 Å². The van der Waals surface area contributed by atoms with Crippen molar-refractivity contribution in [1.29, 1.82) is 5.26 Å². The summed E-state index contributed by atoms with van der Waals surface area (Å²) in [7, 11) is 1.54. The Morgan fingerprint density at radius 1 is 1.31 bits per heavy atom. The van der Waals surface area contributed by atoms with E-state index in [0.29, 0.717) is 23.8 Å². The highest BCUT2D eigenvalue weighted by Crippen LogP contribution is 2.23. The maximum absolute atomic E-state index is 12.4. The fourth-order valence-electron chi connectivity index (χ4n) is 2.14. The van der Waals surface area contributed by atoms with Crippen LogP contribution in [0.25, 0.3) is 0 Å². The topological polar surface area (TPSA) is 140 Å². The van der Waals surface area contributed by atoms with Crippen molar-refractivity contribution in [1.82, 2.24) is 15.4 Å². The Bertz CT molecular complexity index is 956. The fourth-order valence-corrected chi connectivity index (χ4v) is 2.14. The Balaban J connectivity index is 0.000000633. The summed E-state index contributed by atoms with van der Waals surface area (Å²) >= 11 is 0. The van der Waals surface area contributed by atoms with Crippen LogP contribution in [0, 0.1) is 17.2 Å². The number of hydrazine groups is 1. The molecular weight excluding hydrogens is 419 g/mol. The van der Waals surface area contributed by atoms with E-state index >= 15 is 0 Å². The summed E-state index contributed by atoms with van der Waals surface area (Å²) in [6, 6.07) is 10.2. The highest BCUT2D eigenvalue weighted by Gasteiger charge is 2.24. The molecule has 0 aliphatic rings. The molecule has 1 heterocycles. The van der Waals surface area contributed by atoms with Gasteiger partial charge in [0.1, 0.15) is 11.8 Å². The smallest absolute Gasteiger partial charge is 0.340 e. The molecule has 0 aliphatic heterocycles. The van der Waals surface area contributed by atoms with Crippen molar-refractivity contribution >= 4 is 23.5 Å². The summed E-state index contributed by atoms with van der Waals surface area (Å²) in [4.78, 5) is 30.0. The van der Waals surface area contributed by atoms with Gasteiger partial charge in [0.15, 0.2) is 5.82 Å². The highest BCUT2D eigenvalue weighted by molar-refractivity contribution is 5.91. The third-order valence-electron chi connectivity index (χ3n) is 3.67. The molecular formula is C21H27FN6O4. The molecule has 0 saturated carbocycles. The molecule has 3 N–H and O–H groups in total. The molecule has 1 aromatic carbocycles. The molecule has 32 heavy (non-hydrogen) atoms. The number of aromatic nitrogens is 2. The Labute approximate surface area is 186 Å². The van der Waals surface area contributed by atoms with E-state index in [4.69, 9.17) is 15.1 Å². The lowest BCUT2D eigenvalue weighted by Gasteiger charge is -2.26. The molecule has 1 aromatic heterocycles. The maximum atomic E-state index is 12.4. The number of ether oxygens (including phenoxy) is 1. The fraction of sp³-hybridized carbons (Fsp3) is 0.381. The first kappa shape index (κ1) is 26.1. The number of carboxylic acid groups (broad SMARTS) is 1. The number of amides is 2. The first-order chi connectivity index (χ1) is 15.0. The Hall–Kier alpha value is -3.94. The number of benzene rings is 1. The van der Waals surface area contributed by atoms with Gasteiger partial charge in [-0.05, 0) is 31.9 Å². The van der Waals surface area contributed by atoms with Crippen LogP contribution in [0.2, 0.25) is 0 Å². The van der Waals surface area contributed by atoms with Gasteiger partial charge >= 0.3 is 12.0 Å². The van der Waals surface area contributed by atoms with Gasteiger partial charge in [-0.3, -0.25) is 5.01 Å². The second-order valence-corrected chi connectivity index (χ2v) is 7.40. The summed E-state index contributed by atoms with van der Waals surface area (Å²) in [5.74, 6) is -0.130. The molecule has 2 amide bonds. The summed E-state index contributed by atoms with van der Waals surface area (Å²) in [6.07, 6.45) is 1.48. The number of carbonyl (C=O) groups is 2. The predicted molar refractivity (Wildman–Crippen MR) is 117 cm³/mol. The van der Waals surface area contributed by atoms with Gasteiger partial charge in [0.05, 0.1) is 12.8 Å². The molecule has 0 bridgehead atoms. The van der Waals surface area contributed by atoms with E-state index in [2.05, 4.69) is 20.7 Å². The van der Waals surface area contributed by atoms with Crippen molar-refractivity contribution in [3.05, 3.63) is 42.4 Å². The molecule has 172 valence electrons. The number of methoxy groups -OCH3 is 1. The van der Waals surface area contributed by atoms with Crippen molar-refractivity contribution in [2.24, 2.45) is 5.92 Å². The van der Waals surface area contributed by atoms with E-state index in [1.807, 2.05) is 26.0 Å². The average Bonchev–Trinajstić information content (AvgIpc) is 2.73. The van der Waals surface area contributed by atoms with E-state index in [0.717, 1.165) is 13.8 Å². The zero-order chi connectivity index (χ0) is 24.3. The van der Waals surface area contributed by atoms with Crippen molar-refractivity contribution in [3.63, 3.8) is 0 Å². The number of urea groups is 1. The number of carboxylic acids is 1. The molecule has 2 rings (SSSR count). The maximum Gasteiger partial charge on any atom is 0.340 e. The first-order valence-corrected chi connectivity index (χ1v) is 9.61. The lowest BCUT2D eigenvalue weighted by Crippen LogP contribution is -2.47. The number of anilines is 2. The van der Waals surface area contributed by atoms with Gasteiger partial charge in [0.2, 0.25) is 11.5 Å². The van der Waals surface area contributed by atoms with Gasteiger partial charge < -0.3 is 15.2 Å². The third-order valence-corrected chi connectivity index (χ3v) is 3.67. The van der Waals surface area contributed by atoms with Crippen molar-refractivity contribution in [2.45, 2.75) is 33.4 Å². The zero-order valence-electron chi connectivity index (χ0n) is 18.6. The van der Waals surface area contributed by atoms with Gasteiger partial charge in [0.25, 0.3) is 0 Å². The van der Waals surface area contributed by atoms with Gasteiger partial charge in [0, 0.05) is 18.8 Å².